The van der Waals surface area contributed by atoms with Gasteiger partial charge in [-0.3, -0.25) is 0 Å². The molecule has 4 nitrogen and oxygen atoms in total. The van der Waals surface area contributed by atoms with Gasteiger partial charge in [-0.25, -0.2) is 14.4 Å². The highest BCUT2D eigenvalue weighted by atomic mass is 32.1. The van der Waals surface area contributed by atoms with E-state index in [9.17, 15) is 4.39 Å². The van der Waals surface area contributed by atoms with Crippen LogP contribution in [0, 0.1) is 11.7 Å². The maximum absolute atomic E-state index is 13.4. The van der Waals surface area contributed by atoms with Crippen molar-refractivity contribution in [2.75, 3.05) is 23.3 Å². The molecule has 30 heavy (non-hydrogen) atoms. The quantitative estimate of drug-likeness (QED) is 0.412. The molecule has 1 N–H and O–H groups in total. The SMILES string of the molecule is CC1CCN(c2ccc(Nc3ncnc4scc(-c5ccc(F)cc5)c34)cc2)CC1. The summed E-state index contributed by atoms with van der Waals surface area (Å²) in [5, 5.41) is 6.47. The van der Waals surface area contributed by atoms with Crippen molar-refractivity contribution in [2.24, 2.45) is 5.92 Å². The average molecular weight is 419 g/mol. The number of fused-ring (bicyclic) bond motifs is 1. The van der Waals surface area contributed by atoms with E-state index < -0.39 is 0 Å². The highest BCUT2D eigenvalue weighted by molar-refractivity contribution is 7.17. The van der Waals surface area contributed by atoms with Crippen molar-refractivity contribution in [2.45, 2.75) is 19.8 Å². The van der Waals surface area contributed by atoms with Gasteiger partial charge in [0.15, 0.2) is 0 Å². The molecule has 1 fully saturated rings. The highest BCUT2D eigenvalue weighted by Gasteiger charge is 2.16. The van der Waals surface area contributed by atoms with Crippen molar-refractivity contribution >= 4 is 38.7 Å². The van der Waals surface area contributed by atoms with Crippen molar-refractivity contribution in [1.29, 1.82) is 0 Å². The second-order valence-corrected chi connectivity index (χ2v) is 8.76. The molecule has 0 atom stereocenters. The smallest absolute Gasteiger partial charge is 0.143 e. The molecule has 4 aromatic rings. The maximum Gasteiger partial charge on any atom is 0.143 e. The number of aromatic nitrogens is 2. The Kier molecular flexibility index (Phi) is 5.09. The van der Waals surface area contributed by atoms with Crippen LogP contribution in [0.1, 0.15) is 19.8 Å². The molecule has 6 heteroatoms. The normalized spacial score (nSPS) is 14.9. The number of nitrogens with zero attached hydrogens (tertiary/aromatic N) is 3. The highest BCUT2D eigenvalue weighted by Crippen LogP contribution is 2.37. The Balaban J connectivity index is 1.43. The van der Waals surface area contributed by atoms with Crippen LogP contribution >= 0.6 is 11.3 Å². The number of anilines is 3. The Morgan fingerprint density at radius 3 is 2.47 bits per heavy atom. The molecular formula is C24H23FN4S. The van der Waals surface area contributed by atoms with E-state index >= 15 is 0 Å². The summed E-state index contributed by atoms with van der Waals surface area (Å²) in [5.41, 5.74) is 4.22. The molecule has 1 aliphatic heterocycles. The Labute approximate surface area is 179 Å². The van der Waals surface area contributed by atoms with Gasteiger partial charge in [0.05, 0.1) is 5.39 Å². The molecule has 0 bridgehead atoms. The van der Waals surface area contributed by atoms with Gasteiger partial charge in [-0.15, -0.1) is 11.3 Å². The van der Waals surface area contributed by atoms with Gasteiger partial charge in [0.2, 0.25) is 0 Å². The lowest BCUT2D eigenvalue weighted by molar-refractivity contribution is 0.438. The minimum absolute atomic E-state index is 0.240. The average Bonchev–Trinajstić information content (AvgIpc) is 3.21. The van der Waals surface area contributed by atoms with Crippen molar-refractivity contribution in [3.8, 4) is 11.1 Å². The molecule has 0 amide bonds. The molecule has 0 saturated carbocycles. The van der Waals surface area contributed by atoms with Gasteiger partial charge in [0, 0.05) is 35.4 Å². The monoisotopic (exact) mass is 418 g/mol. The van der Waals surface area contributed by atoms with Gasteiger partial charge in [-0.05, 0) is 60.7 Å². The zero-order chi connectivity index (χ0) is 20.5. The maximum atomic E-state index is 13.4. The van der Waals surface area contributed by atoms with E-state index in [1.54, 1.807) is 29.8 Å². The third-order valence-corrected chi connectivity index (χ3v) is 6.69. The van der Waals surface area contributed by atoms with E-state index in [2.05, 4.69) is 56.8 Å². The molecule has 0 unspecified atom stereocenters. The van der Waals surface area contributed by atoms with Gasteiger partial charge in [-0.1, -0.05) is 19.1 Å². The minimum Gasteiger partial charge on any atom is -0.372 e. The number of halogens is 1. The largest absolute Gasteiger partial charge is 0.372 e. The molecule has 3 heterocycles. The molecule has 2 aromatic heterocycles. The number of nitrogens with one attached hydrogen (secondary N) is 1. The fourth-order valence-corrected chi connectivity index (χ4v) is 4.89. The number of hydrogen-bond donors (Lipinski definition) is 1. The van der Waals surface area contributed by atoms with Crippen LogP contribution in [0.25, 0.3) is 21.3 Å². The number of piperidine rings is 1. The van der Waals surface area contributed by atoms with E-state index in [1.807, 2.05) is 0 Å². The predicted octanol–water partition coefficient (Wildman–Crippen LogP) is 6.48. The second kappa shape index (κ2) is 8.03. The molecule has 0 spiro atoms. The van der Waals surface area contributed by atoms with Crippen molar-refractivity contribution in [3.63, 3.8) is 0 Å². The first-order valence-electron chi connectivity index (χ1n) is 10.3. The van der Waals surface area contributed by atoms with E-state index in [0.717, 1.165) is 51.9 Å². The van der Waals surface area contributed by atoms with Crippen molar-refractivity contribution < 1.29 is 4.39 Å². The van der Waals surface area contributed by atoms with E-state index in [-0.39, 0.29) is 5.82 Å². The molecule has 0 aliphatic carbocycles. The Bertz CT molecular complexity index is 1150. The Morgan fingerprint density at radius 1 is 1.00 bits per heavy atom. The lowest BCUT2D eigenvalue weighted by Crippen LogP contribution is -2.32. The van der Waals surface area contributed by atoms with Crippen LogP contribution in [0.15, 0.2) is 60.2 Å². The van der Waals surface area contributed by atoms with Gasteiger partial charge < -0.3 is 10.2 Å². The van der Waals surface area contributed by atoms with Crippen LogP contribution in [-0.2, 0) is 0 Å². The van der Waals surface area contributed by atoms with Crippen LogP contribution in [0.3, 0.4) is 0 Å². The predicted molar refractivity (Wildman–Crippen MR) is 123 cm³/mol. The van der Waals surface area contributed by atoms with E-state index in [1.165, 1.54) is 30.7 Å². The van der Waals surface area contributed by atoms with E-state index in [0.29, 0.717) is 0 Å². The first-order chi connectivity index (χ1) is 14.7. The number of thiophene rings is 1. The molecule has 5 rings (SSSR count). The van der Waals surface area contributed by atoms with Crippen molar-refractivity contribution in [1.82, 2.24) is 9.97 Å². The Hall–Kier alpha value is -2.99. The zero-order valence-corrected chi connectivity index (χ0v) is 17.6. The number of hydrogen-bond acceptors (Lipinski definition) is 5. The first-order valence-corrected chi connectivity index (χ1v) is 11.2. The van der Waals surface area contributed by atoms with Crippen molar-refractivity contribution in [3.05, 3.63) is 66.1 Å². The van der Waals surface area contributed by atoms with Crippen LogP contribution in [0.4, 0.5) is 21.6 Å². The molecule has 2 aromatic carbocycles. The van der Waals surface area contributed by atoms with Gasteiger partial charge in [-0.2, -0.15) is 0 Å². The summed E-state index contributed by atoms with van der Waals surface area (Å²) in [7, 11) is 0. The number of benzene rings is 2. The third-order valence-electron chi connectivity index (χ3n) is 5.80. The molecule has 152 valence electrons. The second-order valence-electron chi connectivity index (χ2n) is 7.90. The zero-order valence-electron chi connectivity index (χ0n) is 16.8. The summed E-state index contributed by atoms with van der Waals surface area (Å²) in [6, 6.07) is 15.1. The van der Waals surface area contributed by atoms with Crippen LogP contribution < -0.4 is 10.2 Å². The fraction of sp³-hybridized carbons (Fsp3) is 0.250. The molecular weight excluding hydrogens is 395 g/mol. The van der Waals surface area contributed by atoms with E-state index in [4.69, 9.17) is 0 Å². The topological polar surface area (TPSA) is 41.0 Å². The summed E-state index contributed by atoms with van der Waals surface area (Å²) in [6.07, 6.45) is 4.09. The number of rotatable bonds is 4. The van der Waals surface area contributed by atoms with Gasteiger partial charge in [0.25, 0.3) is 0 Å². The lowest BCUT2D eigenvalue weighted by Gasteiger charge is -2.32. The summed E-state index contributed by atoms with van der Waals surface area (Å²) in [6.45, 7) is 4.57. The van der Waals surface area contributed by atoms with Gasteiger partial charge >= 0.3 is 0 Å². The van der Waals surface area contributed by atoms with Crippen LogP contribution in [0.2, 0.25) is 0 Å². The Morgan fingerprint density at radius 2 is 1.73 bits per heavy atom. The van der Waals surface area contributed by atoms with Crippen LogP contribution in [-0.4, -0.2) is 23.1 Å². The van der Waals surface area contributed by atoms with Crippen LogP contribution in [0.5, 0.6) is 0 Å². The summed E-state index contributed by atoms with van der Waals surface area (Å²) in [5.74, 6) is 1.35. The summed E-state index contributed by atoms with van der Waals surface area (Å²) in [4.78, 5) is 12.3. The first kappa shape index (κ1) is 19.0. The third kappa shape index (κ3) is 3.75. The molecule has 1 aliphatic rings. The summed E-state index contributed by atoms with van der Waals surface area (Å²) >= 11 is 1.57. The standard InChI is InChI=1S/C24H23FN4S/c1-16-10-12-29(13-11-16)20-8-6-19(7-9-20)28-23-22-21(14-30-24(22)27-15-26-23)17-2-4-18(25)5-3-17/h2-9,14-16H,10-13H2,1H3,(H,26,27,28). The summed E-state index contributed by atoms with van der Waals surface area (Å²) < 4.78 is 13.4. The van der Waals surface area contributed by atoms with Gasteiger partial charge in [0.1, 0.15) is 22.8 Å². The molecule has 0 radical (unpaired) electrons. The minimum atomic E-state index is -0.240. The fourth-order valence-electron chi connectivity index (χ4n) is 3.97. The lowest BCUT2D eigenvalue weighted by atomic mass is 9.99. The molecule has 1 saturated heterocycles.